The van der Waals surface area contributed by atoms with Gasteiger partial charge in [0.05, 0.1) is 0 Å². The van der Waals surface area contributed by atoms with Crippen molar-refractivity contribution >= 4 is 0 Å². The number of hydrogen-bond acceptors (Lipinski definition) is 2. The van der Waals surface area contributed by atoms with Crippen LogP contribution in [-0.4, -0.2) is 36.6 Å². The molecular formula is C8H17N2. The van der Waals surface area contributed by atoms with Crippen LogP contribution in [-0.2, 0) is 0 Å². The highest BCUT2D eigenvalue weighted by Crippen LogP contribution is 2.07. The molecule has 1 fully saturated rings. The van der Waals surface area contributed by atoms with E-state index in [2.05, 4.69) is 31.0 Å². The topological polar surface area (TPSA) is 15.3 Å². The summed E-state index contributed by atoms with van der Waals surface area (Å²) in [7, 11) is 0. The van der Waals surface area contributed by atoms with E-state index in [0.717, 1.165) is 19.6 Å². The maximum absolute atomic E-state index is 3.91. The summed E-state index contributed by atoms with van der Waals surface area (Å²) in [6, 6.07) is 1.31. The van der Waals surface area contributed by atoms with E-state index in [0.29, 0.717) is 12.1 Å². The highest BCUT2D eigenvalue weighted by Gasteiger charge is 2.21. The van der Waals surface area contributed by atoms with Gasteiger partial charge in [0.1, 0.15) is 0 Å². The van der Waals surface area contributed by atoms with Crippen molar-refractivity contribution < 1.29 is 0 Å². The van der Waals surface area contributed by atoms with Gasteiger partial charge in [0.25, 0.3) is 0 Å². The maximum atomic E-state index is 3.91. The zero-order valence-corrected chi connectivity index (χ0v) is 6.93. The first-order chi connectivity index (χ1) is 4.75. The fraction of sp³-hybridized carbons (Fsp3) is 0.875. The lowest BCUT2D eigenvalue weighted by atomic mass is 10.1. The molecule has 2 heteroatoms. The molecule has 0 aromatic carbocycles. The standard InChI is InChI=1S/C8H17N2/c1-4-10-7(2)5-9-6-8(10)3/h7-9H,1,4-6H2,2-3H3. The van der Waals surface area contributed by atoms with E-state index in [1.807, 2.05) is 0 Å². The Morgan fingerprint density at radius 3 is 2.20 bits per heavy atom. The Kier molecular flexibility index (Phi) is 2.69. The van der Waals surface area contributed by atoms with E-state index in [9.17, 15) is 0 Å². The Hall–Kier alpha value is -0.0800. The van der Waals surface area contributed by atoms with Crippen LogP contribution in [0.3, 0.4) is 0 Å². The molecule has 0 aromatic heterocycles. The van der Waals surface area contributed by atoms with Crippen LogP contribution in [0.1, 0.15) is 13.8 Å². The van der Waals surface area contributed by atoms with Gasteiger partial charge in [0.15, 0.2) is 0 Å². The summed E-state index contributed by atoms with van der Waals surface area (Å²) >= 11 is 0. The Labute approximate surface area is 63.6 Å². The summed E-state index contributed by atoms with van der Waals surface area (Å²) in [4.78, 5) is 2.43. The summed E-state index contributed by atoms with van der Waals surface area (Å²) < 4.78 is 0. The molecule has 0 spiro atoms. The molecule has 2 unspecified atom stereocenters. The predicted molar refractivity (Wildman–Crippen MR) is 43.9 cm³/mol. The largest absolute Gasteiger partial charge is 0.314 e. The molecule has 1 saturated heterocycles. The van der Waals surface area contributed by atoms with Crippen molar-refractivity contribution in [2.75, 3.05) is 19.6 Å². The van der Waals surface area contributed by atoms with Crippen LogP contribution < -0.4 is 5.32 Å². The molecule has 1 N–H and O–H groups in total. The number of piperazine rings is 1. The smallest absolute Gasteiger partial charge is 0.0195 e. The number of nitrogens with one attached hydrogen (secondary N) is 1. The van der Waals surface area contributed by atoms with E-state index in [4.69, 9.17) is 0 Å². The van der Waals surface area contributed by atoms with Crippen LogP contribution in [0.4, 0.5) is 0 Å². The summed E-state index contributed by atoms with van der Waals surface area (Å²) in [6.45, 7) is 11.6. The van der Waals surface area contributed by atoms with Crippen LogP contribution >= 0.6 is 0 Å². The van der Waals surface area contributed by atoms with Gasteiger partial charge in [-0.2, -0.15) is 0 Å². The highest BCUT2D eigenvalue weighted by molar-refractivity contribution is 4.82. The predicted octanol–water partition coefficient (Wildman–Crippen LogP) is 0.503. The van der Waals surface area contributed by atoms with Gasteiger partial charge in [0, 0.05) is 25.2 Å². The molecule has 1 aliphatic heterocycles. The van der Waals surface area contributed by atoms with Gasteiger partial charge in [-0.05, 0) is 27.3 Å². The second-order valence-corrected chi connectivity index (χ2v) is 3.09. The molecule has 1 aliphatic rings. The molecule has 0 aromatic rings. The number of nitrogens with zero attached hydrogens (tertiary/aromatic N) is 1. The van der Waals surface area contributed by atoms with Crippen LogP contribution in [0, 0.1) is 6.92 Å². The van der Waals surface area contributed by atoms with Gasteiger partial charge in [-0.15, -0.1) is 0 Å². The molecule has 10 heavy (non-hydrogen) atoms. The van der Waals surface area contributed by atoms with E-state index in [1.54, 1.807) is 0 Å². The monoisotopic (exact) mass is 141 g/mol. The fourth-order valence-corrected chi connectivity index (χ4v) is 1.61. The lowest BCUT2D eigenvalue weighted by Crippen LogP contribution is -2.54. The SMILES string of the molecule is [CH2]CN1C(C)CNCC1C. The zero-order valence-electron chi connectivity index (χ0n) is 6.93. The van der Waals surface area contributed by atoms with E-state index >= 15 is 0 Å². The summed E-state index contributed by atoms with van der Waals surface area (Å²) in [6.07, 6.45) is 0. The van der Waals surface area contributed by atoms with Gasteiger partial charge >= 0.3 is 0 Å². The van der Waals surface area contributed by atoms with E-state index in [-0.39, 0.29) is 0 Å². The number of hydrogen-bond donors (Lipinski definition) is 1. The molecule has 0 saturated carbocycles. The maximum Gasteiger partial charge on any atom is 0.0195 e. The second kappa shape index (κ2) is 3.35. The first kappa shape index (κ1) is 8.02. The van der Waals surface area contributed by atoms with Crippen molar-refractivity contribution in [1.29, 1.82) is 0 Å². The highest BCUT2D eigenvalue weighted by atomic mass is 15.2. The van der Waals surface area contributed by atoms with Gasteiger partial charge < -0.3 is 5.32 Å². The van der Waals surface area contributed by atoms with Crippen LogP contribution in [0.15, 0.2) is 0 Å². The fourth-order valence-electron chi connectivity index (χ4n) is 1.61. The minimum atomic E-state index is 0.654. The molecule has 0 aliphatic carbocycles. The Bertz CT molecular complexity index is 93.4. The Morgan fingerprint density at radius 1 is 1.40 bits per heavy atom. The Balaban J connectivity index is 2.45. The van der Waals surface area contributed by atoms with Gasteiger partial charge in [0.2, 0.25) is 0 Å². The van der Waals surface area contributed by atoms with Gasteiger partial charge in [-0.25, -0.2) is 0 Å². The first-order valence-corrected chi connectivity index (χ1v) is 4.01. The van der Waals surface area contributed by atoms with Crippen molar-refractivity contribution in [2.45, 2.75) is 25.9 Å². The van der Waals surface area contributed by atoms with E-state index in [1.165, 1.54) is 0 Å². The lowest BCUT2D eigenvalue weighted by Gasteiger charge is -2.38. The van der Waals surface area contributed by atoms with Crippen molar-refractivity contribution in [2.24, 2.45) is 0 Å². The molecule has 2 atom stereocenters. The van der Waals surface area contributed by atoms with Crippen LogP contribution in [0.2, 0.25) is 0 Å². The molecule has 2 nitrogen and oxygen atoms in total. The Morgan fingerprint density at radius 2 is 1.90 bits per heavy atom. The van der Waals surface area contributed by atoms with Crippen molar-refractivity contribution in [3.05, 3.63) is 6.92 Å². The summed E-state index contributed by atoms with van der Waals surface area (Å²) in [5.74, 6) is 0. The molecule has 1 heterocycles. The minimum absolute atomic E-state index is 0.654. The quantitative estimate of drug-likeness (QED) is 0.572. The lowest BCUT2D eigenvalue weighted by molar-refractivity contribution is 0.132. The third kappa shape index (κ3) is 1.50. The molecule has 0 amide bonds. The molecule has 0 bridgehead atoms. The van der Waals surface area contributed by atoms with Crippen LogP contribution in [0.25, 0.3) is 0 Å². The van der Waals surface area contributed by atoms with Crippen LogP contribution in [0.5, 0.6) is 0 Å². The summed E-state index contributed by atoms with van der Waals surface area (Å²) in [5, 5.41) is 3.38. The van der Waals surface area contributed by atoms with Gasteiger partial charge in [-0.1, -0.05) is 0 Å². The number of rotatable bonds is 1. The molecule has 1 rings (SSSR count). The average Bonchev–Trinajstić information content (AvgIpc) is 1.88. The zero-order chi connectivity index (χ0) is 7.56. The molecule has 59 valence electrons. The third-order valence-electron chi connectivity index (χ3n) is 2.27. The third-order valence-corrected chi connectivity index (χ3v) is 2.27. The van der Waals surface area contributed by atoms with Crippen molar-refractivity contribution in [1.82, 2.24) is 10.2 Å². The normalized spacial score (nSPS) is 36.3. The minimum Gasteiger partial charge on any atom is -0.314 e. The average molecular weight is 141 g/mol. The van der Waals surface area contributed by atoms with Crippen molar-refractivity contribution in [3.63, 3.8) is 0 Å². The molecular weight excluding hydrogens is 124 g/mol. The first-order valence-electron chi connectivity index (χ1n) is 4.01. The second-order valence-electron chi connectivity index (χ2n) is 3.09. The van der Waals surface area contributed by atoms with Crippen molar-refractivity contribution in [3.8, 4) is 0 Å². The molecule has 1 radical (unpaired) electrons. The van der Waals surface area contributed by atoms with E-state index < -0.39 is 0 Å². The van der Waals surface area contributed by atoms with Gasteiger partial charge in [-0.3, -0.25) is 4.90 Å². The summed E-state index contributed by atoms with van der Waals surface area (Å²) in [5.41, 5.74) is 0.